The molecule has 24 heavy (non-hydrogen) atoms. The minimum absolute atomic E-state index is 0.243. The molecule has 0 bridgehead atoms. The lowest BCUT2D eigenvalue weighted by Gasteiger charge is -2.31. The molecular weight excluding hydrogens is 307 g/mol. The summed E-state index contributed by atoms with van der Waals surface area (Å²) in [6.07, 6.45) is 14.8. The second-order valence-corrected chi connectivity index (χ2v) is 8.94. The van der Waals surface area contributed by atoms with Crippen molar-refractivity contribution in [1.82, 2.24) is 0 Å². The van der Waals surface area contributed by atoms with Crippen LogP contribution in [0.4, 0.5) is 0 Å². The number of rotatable bonds is 6. The summed E-state index contributed by atoms with van der Waals surface area (Å²) >= 11 is 0. The second-order valence-electron chi connectivity index (χ2n) is 6.68. The smallest absolute Gasteiger partial charge is 0.00584 e. The van der Waals surface area contributed by atoms with Gasteiger partial charge < -0.3 is 0 Å². The molecule has 0 aliphatic heterocycles. The van der Waals surface area contributed by atoms with Crippen molar-refractivity contribution >= 4 is 18.5 Å². The van der Waals surface area contributed by atoms with Crippen molar-refractivity contribution in [1.29, 1.82) is 0 Å². The van der Waals surface area contributed by atoms with Crippen molar-refractivity contribution in [2.75, 3.05) is 6.16 Å². The third-order valence-corrected chi connectivity index (χ3v) is 7.48. The molecule has 1 saturated carbocycles. The Morgan fingerprint density at radius 1 is 0.833 bits per heavy atom. The van der Waals surface area contributed by atoms with Gasteiger partial charge in [-0.2, -0.15) is 0 Å². The highest BCUT2D eigenvalue weighted by molar-refractivity contribution is 7.73. The van der Waals surface area contributed by atoms with Crippen LogP contribution in [0.25, 0.3) is 0 Å². The van der Waals surface area contributed by atoms with Gasteiger partial charge in [0.2, 0.25) is 0 Å². The molecule has 1 fully saturated rings. The predicted octanol–water partition coefficient (Wildman–Crippen LogP) is 5.81. The van der Waals surface area contributed by atoms with E-state index in [1.165, 1.54) is 42.7 Å². The van der Waals surface area contributed by atoms with E-state index >= 15 is 0 Å². The molecule has 1 aliphatic rings. The Bertz CT molecular complexity index is 611. The molecule has 3 rings (SSSR count). The molecule has 1 heteroatoms. The van der Waals surface area contributed by atoms with E-state index in [-0.39, 0.29) is 13.3 Å². The Kier molecular flexibility index (Phi) is 6.05. The monoisotopic (exact) mass is 334 g/mol. The average molecular weight is 334 g/mol. The van der Waals surface area contributed by atoms with E-state index in [0.717, 1.165) is 6.16 Å². The number of hydrogen-bond acceptors (Lipinski definition) is 0. The van der Waals surface area contributed by atoms with Crippen LogP contribution in [0, 0.1) is 5.41 Å². The fraction of sp³-hybridized carbons (Fsp3) is 0.304. The van der Waals surface area contributed by atoms with Crippen LogP contribution in [0.15, 0.2) is 85.5 Å². The first-order chi connectivity index (χ1) is 11.8. The number of benzene rings is 2. The van der Waals surface area contributed by atoms with E-state index < -0.39 is 0 Å². The summed E-state index contributed by atoms with van der Waals surface area (Å²) in [6.45, 7) is 4.12. The SMILES string of the molecule is C=CC1(/C=C\CP(c2ccccc2)c2ccccc2)CCCCC1. The van der Waals surface area contributed by atoms with Gasteiger partial charge in [0, 0.05) is 5.41 Å². The molecule has 2 aromatic carbocycles. The summed E-state index contributed by atoms with van der Waals surface area (Å²) in [6, 6.07) is 21.9. The van der Waals surface area contributed by atoms with Gasteiger partial charge >= 0.3 is 0 Å². The van der Waals surface area contributed by atoms with Crippen LogP contribution in [0.5, 0.6) is 0 Å². The van der Waals surface area contributed by atoms with Crippen LogP contribution in [0.1, 0.15) is 32.1 Å². The molecule has 2 aromatic rings. The molecular formula is C23H27P. The summed E-state index contributed by atoms with van der Waals surface area (Å²) < 4.78 is 0. The molecule has 0 heterocycles. The van der Waals surface area contributed by atoms with Crippen LogP contribution in [-0.2, 0) is 0 Å². The van der Waals surface area contributed by atoms with Gasteiger partial charge in [0.1, 0.15) is 0 Å². The molecule has 0 spiro atoms. The van der Waals surface area contributed by atoms with E-state index in [1.54, 1.807) is 0 Å². The number of hydrogen-bond donors (Lipinski definition) is 0. The third-order valence-electron chi connectivity index (χ3n) is 5.06. The molecule has 0 N–H and O–H groups in total. The molecule has 0 nitrogen and oxygen atoms in total. The summed E-state index contributed by atoms with van der Waals surface area (Å²) in [5.74, 6) is 0. The van der Waals surface area contributed by atoms with Gasteiger partial charge in [-0.3, -0.25) is 0 Å². The molecule has 1 aliphatic carbocycles. The first kappa shape index (κ1) is 17.2. The highest BCUT2D eigenvalue weighted by atomic mass is 31.1. The summed E-state index contributed by atoms with van der Waals surface area (Å²) in [7, 11) is -0.326. The topological polar surface area (TPSA) is 0 Å². The van der Waals surface area contributed by atoms with Crippen molar-refractivity contribution in [3.8, 4) is 0 Å². The molecule has 0 aromatic heterocycles. The van der Waals surface area contributed by atoms with Crippen LogP contribution in [0.3, 0.4) is 0 Å². The quantitative estimate of drug-likeness (QED) is 0.462. The highest BCUT2D eigenvalue weighted by Gasteiger charge is 2.25. The lowest BCUT2D eigenvalue weighted by atomic mass is 9.74. The van der Waals surface area contributed by atoms with Gasteiger partial charge in [0.05, 0.1) is 0 Å². The van der Waals surface area contributed by atoms with Crippen molar-refractivity contribution in [3.63, 3.8) is 0 Å². The van der Waals surface area contributed by atoms with Gasteiger partial charge in [-0.1, -0.05) is 98.2 Å². The van der Waals surface area contributed by atoms with Crippen LogP contribution >= 0.6 is 7.92 Å². The highest BCUT2D eigenvalue weighted by Crippen LogP contribution is 2.40. The van der Waals surface area contributed by atoms with Crippen molar-refractivity contribution in [3.05, 3.63) is 85.5 Å². The third kappa shape index (κ3) is 4.25. The fourth-order valence-corrected chi connectivity index (χ4v) is 5.72. The minimum Gasteiger partial charge on any atom is -0.102 e. The zero-order chi connectivity index (χ0) is 16.7. The molecule has 0 atom stereocenters. The Balaban J connectivity index is 1.80. The summed E-state index contributed by atoms with van der Waals surface area (Å²) in [5, 5.41) is 2.92. The van der Waals surface area contributed by atoms with Crippen LogP contribution in [-0.4, -0.2) is 6.16 Å². The van der Waals surface area contributed by atoms with Crippen molar-refractivity contribution < 1.29 is 0 Å². The van der Waals surface area contributed by atoms with Crippen LogP contribution < -0.4 is 10.6 Å². The van der Waals surface area contributed by atoms with Crippen LogP contribution in [0.2, 0.25) is 0 Å². The maximum absolute atomic E-state index is 4.12. The first-order valence-electron chi connectivity index (χ1n) is 9.02. The Labute approximate surface area is 148 Å². The first-order valence-corrected chi connectivity index (χ1v) is 10.5. The van der Waals surface area contributed by atoms with Crippen molar-refractivity contribution in [2.24, 2.45) is 5.41 Å². The average Bonchev–Trinajstić information content (AvgIpc) is 2.67. The standard InChI is InChI=1S/C23H27P/c1-2-23(17-10-5-11-18-23)19-12-20-24(21-13-6-3-7-14-21)22-15-8-4-9-16-22/h2-4,6-9,12-16,19H,1,5,10-11,17-18,20H2/b19-12-. The molecule has 0 saturated heterocycles. The second kappa shape index (κ2) is 8.45. The van der Waals surface area contributed by atoms with Gasteiger partial charge in [0.15, 0.2) is 0 Å². The Morgan fingerprint density at radius 3 is 1.88 bits per heavy atom. The van der Waals surface area contributed by atoms with E-state index in [2.05, 4.69) is 85.5 Å². The zero-order valence-corrected chi connectivity index (χ0v) is 15.3. The minimum atomic E-state index is -0.326. The predicted molar refractivity (Wildman–Crippen MR) is 109 cm³/mol. The Hall–Kier alpha value is -1.65. The fourth-order valence-electron chi connectivity index (χ4n) is 3.62. The molecule has 0 radical (unpaired) electrons. The van der Waals surface area contributed by atoms with Crippen molar-refractivity contribution in [2.45, 2.75) is 32.1 Å². The van der Waals surface area contributed by atoms with Gasteiger partial charge in [-0.05, 0) is 37.5 Å². The number of allylic oxidation sites excluding steroid dienone is 3. The molecule has 124 valence electrons. The largest absolute Gasteiger partial charge is 0.102 e. The normalized spacial score (nSPS) is 17.2. The molecule has 0 unspecified atom stereocenters. The Morgan fingerprint density at radius 2 is 1.38 bits per heavy atom. The lowest BCUT2D eigenvalue weighted by Crippen LogP contribution is -2.19. The van der Waals surface area contributed by atoms with E-state index in [1.807, 2.05) is 0 Å². The summed E-state index contributed by atoms with van der Waals surface area (Å²) in [4.78, 5) is 0. The lowest BCUT2D eigenvalue weighted by molar-refractivity contribution is 0.326. The molecule has 0 amide bonds. The van der Waals surface area contributed by atoms with E-state index in [4.69, 9.17) is 0 Å². The van der Waals surface area contributed by atoms with Gasteiger partial charge in [-0.15, -0.1) is 6.58 Å². The maximum Gasteiger partial charge on any atom is 0.00584 e. The summed E-state index contributed by atoms with van der Waals surface area (Å²) in [5.41, 5.74) is 0.243. The maximum atomic E-state index is 4.12. The van der Waals surface area contributed by atoms with E-state index in [0.29, 0.717) is 0 Å². The zero-order valence-electron chi connectivity index (χ0n) is 14.4. The van der Waals surface area contributed by atoms with E-state index in [9.17, 15) is 0 Å². The van der Waals surface area contributed by atoms with Gasteiger partial charge in [-0.25, -0.2) is 0 Å². The van der Waals surface area contributed by atoms with Gasteiger partial charge in [0.25, 0.3) is 0 Å².